The highest BCUT2D eigenvalue weighted by atomic mass is 32.2. The maximum Gasteiger partial charge on any atom is 0.152 e. The highest BCUT2D eigenvalue weighted by molar-refractivity contribution is 7.99. The van der Waals surface area contributed by atoms with Gasteiger partial charge in [0.25, 0.3) is 0 Å². The van der Waals surface area contributed by atoms with Crippen molar-refractivity contribution in [2.45, 2.75) is 37.6 Å². The molecule has 3 heterocycles. The Morgan fingerprint density at radius 3 is 2.62 bits per heavy atom. The summed E-state index contributed by atoms with van der Waals surface area (Å²) >= 11 is 1.60. The number of benzene rings is 1. The fraction of sp³-hybridized carbons (Fsp3) is 0.471. The Hall–Kier alpha value is -2.03. The minimum atomic E-state index is -1.94. The molecule has 1 fully saturated rings. The zero-order valence-corrected chi connectivity index (χ0v) is 14.7. The number of oxime groups is 1. The minimum Gasteiger partial charge on any atom is -0.390 e. The Balaban J connectivity index is 1.53. The van der Waals surface area contributed by atoms with Gasteiger partial charge in [0.15, 0.2) is 6.10 Å². The maximum absolute atomic E-state index is 15.0. The van der Waals surface area contributed by atoms with Crippen LogP contribution in [0.1, 0.15) is 30.4 Å². The summed E-state index contributed by atoms with van der Waals surface area (Å²) in [6.45, 7) is 0.432. The van der Waals surface area contributed by atoms with Gasteiger partial charge in [-0.05, 0) is 36.5 Å². The van der Waals surface area contributed by atoms with E-state index in [9.17, 15) is 8.78 Å². The van der Waals surface area contributed by atoms with E-state index in [0.29, 0.717) is 30.2 Å². The second-order valence-corrected chi connectivity index (χ2v) is 7.71. The topological polar surface area (TPSA) is 52.3 Å². The zero-order valence-electron chi connectivity index (χ0n) is 13.9. The van der Waals surface area contributed by atoms with Crippen molar-refractivity contribution in [3.63, 3.8) is 0 Å². The van der Waals surface area contributed by atoms with Crippen LogP contribution in [0.15, 0.2) is 29.7 Å². The lowest BCUT2D eigenvalue weighted by Crippen LogP contribution is -2.28. The van der Waals surface area contributed by atoms with Crippen LogP contribution in [0.25, 0.3) is 0 Å². The number of nitrogens with zero attached hydrogens (tertiary/aromatic N) is 4. The van der Waals surface area contributed by atoms with Gasteiger partial charge in [0, 0.05) is 18.2 Å². The van der Waals surface area contributed by atoms with Gasteiger partial charge in [-0.25, -0.2) is 17.9 Å². The number of hydrogen-bond acceptors (Lipinski definition) is 5. The molecule has 0 saturated carbocycles. The normalized spacial score (nSPS) is 22.1. The van der Waals surface area contributed by atoms with Crippen molar-refractivity contribution in [2.75, 3.05) is 11.5 Å². The molecule has 0 unspecified atom stereocenters. The summed E-state index contributed by atoms with van der Waals surface area (Å²) in [4.78, 5) is 5.32. The molecule has 138 valence electrons. The molecule has 0 radical (unpaired) electrons. The van der Waals surface area contributed by atoms with Crippen molar-refractivity contribution in [1.82, 2.24) is 15.0 Å². The van der Waals surface area contributed by atoms with Gasteiger partial charge in [-0.3, -0.25) is 0 Å². The summed E-state index contributed by atoms with van der Waals surface area (Å²) in [5.41, 5.74) is -1.69. The maximum atomic E-state index is 15.0. The molecule has 9 heteroatoms. The fourth-order valence-corrected chi connectivity index (χ4v) is 4.49. The van der Waals surface area contributed by atoms with E-state index in [0.717, 1.165) is 12.1 Å². The van der Waals surface area contributed by atoms with E-state index in [4.69, 9.17) is 4.84 Å². The average Bonchev–Trinajstić information content (AvgIpc) is 3.27. The van der Waals surface area contributed by atoms with Gasteiger partial charge in [0.1, 0.15) is 17.3 Å². The molecule has 1 saturated heterocycles. The largest absolute Gasteiger partial charge is 0.390 e. The summed E-state index contributed by atoms with van der Waals surface area (Å²) < 4.78 is 45.8. The molecular formula is C17H17F3N4OS. The van der Waals surface area contributed by atoms with Crippen LogP contribution >= 0.6 is 11.8 Å². The molecule has 0 bridgehead atoms. The second-order valence-electron chi connectivity index (χ2n) is 6.49. The van der Waals surface area contributed by atoms with Gasteiger partial charge >= 0.3 is 0 Å². The van der Waals surface area contributed by atoms with E-state index in [1.54, 1.807) is 28.8 Å². The lowest BCUT2D eigenvalue weighted by molar-refractivity contribution is 0.0693. The van der Waals surface area contributed by atoms with Crippen molar-refractivity contribution in [3.05, 3.63) is 47.3 Å². The van der Waals surface area contributed by atoms with Crippen LogP contribution in [-0.2, 0) is 17.1 Å². The Bertz CT molecular complexity index is 798. The Morgan fingerprint density at radius 1 is 1.23 bits per heavy atom. The van der Waals surface area contributed by atoms with Gasteiger partial charge in [0.2, 0.25) is 0 Å². The number of hydrogen-bond donors (Lipinski definition) is 0. The SMILES string of the molecule is Fc1cc(C2=NO[C@@H](Cn3ccnn3)C2)cc(F)c1C1(F)CCSCC1. The standard InChI is InChI=1S/C17H17F3N4OS/c18-13-7-11(8-14(19)16(13)17(20)1-5-26-6-2-17)15-9-12(25-22-15)10-24-4-3-21-23-24/h3-4,7-8,12H,1-2,5-6,9-10H2/t12-/m1/s1. The Labute approximate surface area is 152 Å². The summed E-state index contributed by atoms with van der Waals surface area (Å²) in [6, 6.07) is 2.31. The number of aromatic nitrogens is 3. The van der Waals surface area contributed by atoms with E-state index in [2.05, 4.69) is 15.5 Å². The minimum absolute atomic E-state index is 0.120. The van der Waals surface area contributed by atoms with Gasteiger partial charge in [-0.15, -0.1) is 5.10 Å². The third-order valence-corrected chi connectivity index (χ3v) is 5.69. The summed E-state index contributed by atoms with van der Waals surface area (Å²) in [6.07, 6.45) is 3.58. The molecule has 1 aromatic heterocycles. The molecule has 0 aliphatic carbocycles. The van der Waals surface area contributed by atoms with Gasteiger partial charge in [-0.1, -0.05) is 10.4 Å². The third kappa shape index (κ3) is 3.32. The number of halogens is 3. The zero-order chi connectivity index (χ0) is 18.1. The first kappa shape index (κ1) is 17.4. The predicted octanol–water partition coefficient (Wildman–Crippen LogP) is 3.44. The molecule has 2 aliphatic heterocycles. The van der Waals surface area contributed by atoms with Crippen LogP contribution in [0.5, 0.6) is 0 Å². The molecule has 4 rings (SSSR count). The molecule has 1 aromatic carbocycles. The van der Waals surface area contributed by atoms with Crippen molar-refractivity contribution in [2.24, 2.45) is 5.16 Å². The summed E-state index contributed by atoms with van der Waals surface area (Å²) in [5, 5.41) is 11.5. The smallest absolute Gasteiger partial charge is 0.152 e. The quantitative estimate of drug-likeness (QED) is 0.813. The van der Waals surface area contributed by atoms with Crippen molar-refractivity contribution < 1.29 is 18.0 Å². The first-order chi connectivity index (χ1) is 12.5. The fourth-order valence-electron chi connectivity index (χ4n) is 3.35. The molecule has 0 N–H and O–H groups in total. The van der Waals surface area contributed by atoms with E-state index in [-0.39, 0.29) is 24.5 Å². The molecule has 2 aliphatic rings. The lowest BCUT2D eigenvalue weighted by atomic mass is 9.87. The number of rotatable bonds is 4. The summed E-state index contributed by atoms with van der Waals surface area (Å²) in [7, 11) is 0. The van der Waals surface area contributed by atoms with Crippen LogP contribution in [0, 0.1) is 11.6 Å². The first-order valence-electron chi connectivity index (χ1n) is 8.38. The van der Waals surface area contributed by atoms with Crippen molar-refractivity contribution >= 4 is 17.5 Å². The number of alkyl halides is 1. The Kier molecular flexibility index (Phi) is 4.64. The van der Waals surface area contributed by atoms with Gasteiger partial charge in [0.05, 0.1) is 24.0 Å². The molecule has 2 aromatic rings. The van der Waals surface area contributed by atoms with E-state index >= 15 is 4.39 Å². The van der Waals surface area contributed by atoms with Crippen molar-refractivity contribution in [1.29, 1.82) is 0 Å². The molecule has 0 spiro atoms. The molecular weight excluding hydrogens is 365 g/mol. The van der Waals surface area contributed by atoms with E-state index < -0.39 is 22.9 Å². The monoisotopic (exact) mass is 382 g/mol. The van der Waals surface area contributed by atoms with E-state index in [1.165, 1.54) is 0 Å². The van der Waals surface area contributed by atoms with E-state index in [1.807, 2.05) is 0 Å². The highest BCUT2D eigenvalue weighted by Gasteiger charge is 2.39. The molecule has 5 nitrogen and oxygen atoms in total. The van der Waals surface area contributed by atoms with Gasteiger partial charge < -0.3 is 4.84 Å². The summed E-state index contributed by atoms with van der Waals surface area (Å²) in [5.74, 6) is -0.614. The highest BCUT2D eigenvalue weighted by Crippen LogP contribution is 2.42. The first-order valence-corrected chi connectivity index (χ1v) is 9.54. The third-order valence-electron chi connectivity index (χ3n) is 4.70. The van der Waals surface area contributed by atoms with Crippen molar-refractivity contribution in [3.8, 4) is 0 Å². The predicted molar refractivity (Wildman–Crippen MR) is 91.8 cm³/mol. The Morgan fingerprint density at radius 2 is 1.96 bits per heavy atom. The lowest BCUT2D eigenvalue weighted by Gasteiger charge is -2.30. The average molecular weight is 382 g/mol. The molecule has 0 amide bonds. The molecule has 1 atom stereocenters. The van der Waals surface area contributed by atoms with Crippen LogP contribution in [0.3, 0.4) is 0 Å². The van der Waals surface area contributed by atoms with Crippen LogP contribution < -0.4 is 0 Å². The number of thioether (sulfide) groups is 1. The van der Waals surface area contributed by atoms with Crippen LogP contribution in [0.4, 0.5) is 13.2 Å². The van der Waals surface area contributed by atoms with Gasteiger partial charge in [-0.2, -0.15) is 11.8 Å². The van der Waals surface area contributed by atoms with Crippen LogP contribution in [0.2, 0.25) is 0 Å². The second kappa shape index (κ2) is 6.94. The molecule has 26 heavy (non-hydrogen) atoms. The van der Waals surface area contributed by atoms with Crippen LogP contribution in [-0.4, -0.2) is 38.3 Å².